The van der Waals surface area contributed by atoms with Gasteiger partial charge in [-0.25, -0.2) is 0 Å². The van der Waals surface area contributed by atoms with E-state index in [0.717, 1.165) is 19.4 Å². The molecule has 0 aliphatic carbocycles. The van der Waals surface area contributed by atoms with E-state index in [0.29, 0.717) is 12.6 Å². The van der Waals surface area contributed by atoms with Crippen LogP contribution in [0.5, 0.6) is 0 Å². The predicted molar refractivity (Wildman–Crippen MR) is 71.2 cm³/mol. The Kier molecular flexibility index (Phi) is 6.12. The smallest absolute Gasteiger partial charge is 0.239 e. The van der Waals surface area contributed by atoms with Gasteiger partial charge in [0, 0.05) is 12.1 Å². The molecule has 1 aliphatic rings. The SMILES string of the molecule is CC(C)NC(=O)CNC(=O)CN1CCCC[C@H]1C. The van der Waals surface area contributed by atoms with Crippen molar-refractivity contribution in [2.75, 3.05) is 19.6 Å². The van der Waals surface area contributed by atoms with Crippen LogP contribution in [0.15, 0.2) is 0 Å². The molecule has 1 saturated heterocycles. The zero-order valence-corrected chi connectivity index (χ0v) is 11.7. The maximum atomic E-state index is 11.7. The number of piperidine rings is 1. The van der Waals surface area contributed by atoms with Gasteiger partial charge in [-0.3, -0.25) is 14.5 Å². The van der Waals surface area contributed by atoms with Gasteiger partial charge < -0.3 is 10.6 Å². The first-order chi connectivity index (χ1) is 8.49. The van der Waals surface area contributed by atoms with Gasteiger partial charge in [0.1, 0.15) is 0 Å². The summed E-state index contributed by atoms with van der Waals surface area (Å²) >= 11 is 0. The van der Waals surface area contributed by atoms with Gasteiger partial charge in [0.05, 0.1) is 13.1 Å². The molecule has 0 bridgehead atoms. The van der Waals surface area contributed by atoms with Gasteiger partial charge in [-0.15, -0.1) is 0 Å². The number of nitrogens with one attached hydrogen (secondary N) is 2. The minimum absolute atomic E-state index is 0.0670. The Morgan fingerprint density at radius 3 is 2.61 bits per heavy atom. The van der Waals surface area contributed by atoms with Crippen molar-refractivity contribution >= 4 is 11.8 Å². The molecule has 0 unspecified atom stereocenters. The summed E-state index contributed by atoms with van der Waals surface area (Å²) in [5.41, 5.74) is 0. The van der Waals surface area contributed by atoms with Crippen LogP contribution in [-0.4, -0.2) is 48.4 Å². The zero-order valence-electron chi connectivity index (χ0n) is 11.7. The largest absolute Gasteiger partial charge is 0.352 e. The number of rotatable bonds is 5. The van der Waals surface area contributed by atoms with Crippen molar-refractivity contribution in [2.45, 2.75) is 52.1 Å². The molecule has 104 valence electrons. The van der Waals surface area contributed by atoms with Crippen molar-refractivity contribution in [2.24, 2.45) is 0 Å². The summed E-state index contributed by atoms with van der Waals surface area (Å²) in [6.45, 7) is 7.39. The van der Waals surface area contributed by atoms with E-state index in [-0.39, 0.29) is 24.4 Å². The molecular weight excluding hydrogens is 230 g/mol. The van der Waals surface area contributed by atoms with Crippen molar-refractivity contribution in [1.29, 1.82) is 0 Å². The van der Waals surface area contributed by atoms with Crippen LogP contribution in [-0.2, 0) is 9.59 Å². The molecule has 0 aromatic heterocycles. The van der Waals surface area contributed by atoms with Crippen LogP contribution in [0, 0.1) is 0 Å². The lowest BCUT2D eigenvalue weighted by atomic mass is 10.0. The lowest BCUT2D eigenvalue weighted by molar-refractivity contribution is -0.127. The molecule has 18 heavy (non-hydrogen) atoms. The molecule has 0 aromatic carbocycles. The van der Waals surface area contributed by atoms with Crippen molar-refractivity contribution in [3.63, 3.8) is 0 Å². The lowest BCUT2D eigenvalue weighted by Crippen LogP contribution is -2.46. The Balaban J connectivity index is 2.22. The molecule has 2 amide bonds. The minimum Gasteiger partial charge on any atom is -0.352 e. The van der Waals surface area contributed by atoms with Crippen LogP contribution in [0.1, 0.15) is 40.0 Å². The Bertz CT molecular complexity index is 292. The van der Waals surface area contributed by atoms with E-state index in [1.165, 1.54) is 6.42 Å². The third-order valence-corrected chi connectivity index (χ3v) is 3.18. The molecule has 1 rings (SSSR count). The highest BCUT2D eigenvalue weighted by Crippen LogP contribution is 2.15. The van der Waals surface area contributed by atoms with Crippen LogP contribution in [0.4, 0.5) is 0 Å². The molecule has 5 heteroatoms. The number of likely N-dealkylation sites (tertiary alicyclic amines) is 1. The molecule has 0 spiro atoms. The fourth-order valence-corrected chi connectivity index (χ4v) is 2.18. The first-order valence-electron chi connectivity index (χ1n) is 6.79. The van der Waals surface area contributed by atoms with E-state index in [9.17, 15) is 9.59 Å². The first kappa shape index (κ1) is 15.0. The number of carbonyl (C=O) groups is 2. The van der Waals surface area contributed by atoms with Gasteiger partial charge >= 0.3 is 0 Å². The second kappa shape index (κ2) is 7.36. The average molecular weight is 255 g/mol. The molecule has 0 aromatic rings. The summed E-state index contributed by atoms with van der Waals surface area (Å²) in [5.74, 6) is -0.201. The second-order valence-electron chi connectivity index (χ2n) is 5.31. The van der Waals surface area contributed by atoms with Crippen LogP contribution in [0.25, 0.3) is 0 Å². The molecule has 1 aliphatic heterocycles. The summed E-state index contributed by atoms with van der Waals surface area (Å²) in [6, 6.07) is 0.575. The molecule has 0 saturated carbocycles. The number of hydrogen-bond acceptors (Lipinski definition) is 3. The Hall–Kier alpha value is -1.10. The van der Waals surface area contributed by atoms with Gasteiger partial charge in [0.25, 0.3) is 0 Å². The molecule has 1 fully saturated rings. The van der Waals surface area contributed by atoms with Gasteiger partial charge in [0.2, 0.25) is 11.8 Å². The number of carbonyl (C=O) groups excluding carboxylic acids is 2. The average Bonchev–Trinajstić information content (AvgIpc) is 2.29. The van der Waals surface area contributed by atoms with E-state index in [4.69, 9.17) is 0 Å². The van der Waals surface area contributed by atoms with E-state index in [1.54, 1.807) is 0 Å². The number of amides is 2. The van der Waals surface area contributed by atoms with Crippen LogP contribution in [0.3, 0.4) is 0 Å². The minimum atomic E-state index is -0.134. The standard InChI is InChI=1S/C13H25N3O2/c1-10(2)15-12(17)8-14-13(18)9-16-7-5-4-6-11(16)3/h10-11H,4-9H2,1-3H3,(H,14,18)(H,15,17)/t11-/m1/s1. The molecule has 2 N–H and O–H groups in total. The monoisotopic (exact) mass is 255 g/mol. The van der Waals surface area contributed by atoms with Gasteiger partial charge in [-0.2, -0.15) is 0 Å². The Morgan fingerprint density at radius 1 is 1.28 bits per heavy atom. The van der Waals surface area contributed by atoms with Gasteiger partial charge in [0.15, 0.2) is 0 Å². The molecule has 0 radical (unpaired) electrons. The summed E-state index contributed by atoms with van der Waals surface area (Å²) in [6.07, 6.45) is 3.56. The lowest BCUT2D eigenvalue weighted by Gasteiger charge is -2.32. The highest BCUT2D eigenvalue weighted by atomic mass is 16.2. The van der Waals surface area contributed by atoms with E-state index in [2.05, 4.69) is 22.5 Å². The summed E-state index contributed by atoms with van der Waals surface area (Å²) in [7, 11) is 0. The molecule has 1 atom stereocenters. The van der Waals surface area contributed by atoms with Gasteiger partial charge in [-0.05, 0) is 40.2 Å². The van der Waals surface area contributed by atoms with Crippen LogP contribution in [0.2, 0.25) is 0 Å². The highest BCUT2D eigenvalue weighted by molar-refractivity contribution is 5.85. The third-order valence-electron chi connectivity index (χ3n) is 3.18. The quantitative estimate of drug-likeness (QED) is 0.752. The second-order valence-corrected chi connectivity index (χ2v) is 5.31. The van der Waals surface area contributed by atoms with Crippen molar-refractivity contribution in [3.8, 4) is 0 Å². The van der Waals surface area contributed by atoms with E-state index < -0.39 is 0 Å². The third kappa shape index (κ3) is 5.49. The molecular formula is C13H25N3O2. The van der Waals surface area contributed by atoms with Crippen LogP contribution < -0.4 is 10.6 Å². The fourth-order valence-electron chi connectivity index (χ4n) is 2.18. The van der Waals surface area contributed by atoms with Crippen LogP contribution >= 0.6 is 0 Å². The van der Waals surface area contributed by atoms with Crippen molar-refractivity contribution in [1.82, 2.24) is 15.5 Å². The summed E-state index contributed by atoms with van der Waals surface area (Å²) < 4.78 is 0. The predicted octanol–water partition coefficient (Wildman–Crippen LogP) is 0.502. The van der Waals surface area contributed by atoms with E-state index in [1.807, 2.05) is 13.8 Å². The normalized spacial score (nSPS) is 20.8. The topological polar surface area (TPSA) is 61.4 Å². The summed E-state index contributed by atoms with van der Waals surface area (Å²) in [4.78, 5) is 25.3. The fraction of sp³-hybridized carbons (Fsp3) is 0.846. The number of nitrogens with zero attached hydrogens (tertiary/aromatic N) is 1. The van der Waals surface area contributed by atoms with E-state index >= 15 is 0 Å². The zero-order chi connectivity index (χ0) is 13.5. The van der Waals surface area contributed by atoms with Gasteiger partial charge in [-0.1, -0.05) is 6.42 Å². The summed E-state index contributed by atoms with van der Waals surface area (Å²) in [5, 5.41) is 5.41. The van der Waals surface area contributed by atoms with Crippen molar-refractivity contribution in [3.05, 3.63) is 0 Å². The Labute approximate surface area is 109 Å². The Morgan fingerprint density at radius 2 is 2.00 bits per heavy atom. The molecule has 5 nitrogen and oxygen atoms in total. The number of hydrogen-bond donors (Lipinski definition) is 2. The maximum absolute atomic E-state index is 11.7. The van der Waals surface area contributed by atoms with Crippen molar-refractivity contribution < 1.29 is 9.59 Å². The highest BCUT2D eigenvalue weighted by Gasteiger charge is 2.20. The molecule has 1 heterocycles. The maximum Gasteiger partial charge on any atom is 0.239 e. The first-order valence-corrected chi connectivity index (χ1v) is 6.79.